The molecule has 0 aromatic rings. The average molecular weight is 413 g/mol. The molecule has 0 aromatic carbocycles. The Kier molecular flexibility index (Phi) is 396. The summed E-state index contributed by atoms with van der Waals surface area (Å²) in [5.41, 5.74) is 0. The third kappa shape index (κ3) is 574000. The van der Waals surface area contributed by atoms with Crippen LogP contribution in [0.2, 0.25) is 0 Å². The Morgan fingerprint density at radius 1 is 0.483 bits per heavy atom. The van der Waals surface area contributed by atoms with Crippen LogP contribution in [0.3, 0.4) is 0 Å². The summed E-state index contributed by atoms with van der Waals surface area (Å²) in [5.74, 6) is 0. The lowest BCUT2D eigenvalue weighted by Gasteiger charge is -1.84. The highest BCUT2D eigenvalue weighted by Crippen LogP contribution is 1.56. The highest BCUT2D eigenvalue weighted by Gasteiger charge is 1.67. The van der Waals surface area contributed by atoms with E-state index in [1.54, 1.807) is 55.7 Å². The van der Waals surface area contributed by atoms with E-state index in [2.05, 4.69) is 57.4 Å². The fourth-order valence-electron chi connectivity index (χ4n) is 0.0913. The Morgan fingerprint density at radius 3 is 0.586 bits per heavy atom. The summed E-state index contributed by atoms with van der Waals surface area (Å²) < 4.78 is 4.44. The Balaban J connectivity index is -0.0000000223. The standard InChI is InChI=1S/C3H8O2.8C3H6/c1-5-3-2-4;8*1-3-2/h4H,2-3H2,1H3;8*3H,1H2,2H3. The Labute approximate surface area is 187 Å². The molecule has 0 unspecified atom stereocenters. The van der Waals surface area contributed by atoms with Gasteiger partial charge in [0.25, 0.3) is 0 Å². The smallest absolute Gasteiger partial charge is 0.0693 e. The first-order valence-electron chi connectivity index (χ1n) is 9.40. The number of aliphatic hydroxyl groups is 1. The van der Waals surface area contributed by atoms with E-state index in [9.17, 15) is 0 Å². The molecule has 0 fully saturated rings. The molecule has 0 spiro atoms. The van der Waals surface area contributed by atoms with Crippen LogP contribution < -0.4 is 0 Å². The quantitative estimate of drug-likeness (QED) is 0.458. The summed E-state index contributed by atoms with van der Waals surface area (Å²) in [4.78, 5) is 0. The van der Waals surface area contributed by atoms with E-state index in [1.165, 1.54) is 0 Å². The van der Waals surface area contributed by atoms with Crippen molar-refractivity contribution in [2.24, 2.45) is 0 Å². The molecule has 0 radical (unpaired) electrons. The van der Waals surface area contributed by atoms with Crippen LogP contribution in [0.1, 0.15) is 55.4 Å². The number of hydrogen-bond acceptors (Lipinski definition) is 2. The van der Waals surface area contributed by atoms with E-state index in [4.69, 9.17) is 5.11 Å². The van der Waals surface area contributed by atoms with Crippen LogP contribution in [0.25, 0.3) is 0 Å². The predicted octanol–water partition coefficient (Wildman–Crippen LogP) is 9.16. The van der Waals surface area contributed by atoms with Gasteiger partial charge in [-0.3, -0.25) is 0 Å². The van der Waals surface area contributed by atoms with Crippen molar-refractivity contribution in [1.82, 2.24) is 0 Å². The fourth-order valence-corrected chi connectivity index (χ4v) is 0.0913. The molecule has 0 saturated carbocycles. The monoisotopic (exact) mass is 412 g/mol. The minimum Gasteiger partial charge on any atom is -0.394 e. The molecular formula is C27H56O2. The van der Waals surface area contributed by atoms with Crippen molar-refractivity contribution in [1.29, 1.82) is 0 Å². The lowest BCUT2D eigenvalue weighted by atomic mass is 10.8. The first-order chi connectivity index (χ1) is 13.7. The van der Waals surface area contributed by atoms with Crippen LogP contribution in [0.4, 0.5) is 0 Å². The molecule has 0 atom stereocenters. The zero-order valence-electron chi connectivity index (χ0n) is 21.5. The molecule has 0 heterocycles. The molecule has 2 heteroatoms. The van der Waals surface area contributed by atoms with Crippen LogP contribution in [0, 0.1) is 0 Å². The topological polar surface area (TPSA) is 29.5 Å². The molecule has 0 amide bonds. The second kappa shape index (κ2) is 204. The van der Waals surface area contributed by atoms with E-state index < -0.39 is 0 Å². The Bertz CT molecular complexity index is 177. The van der Waals surface area contributed by atoms with Gasteiger partial charge in [-0.2, -0.15) is 0 Å². The summed E-state index contributed by atoms with van der Waals surface area (Å²) in [7, 11) is 1.55. The van der Waals surface area contributed by atoms with E-state index >= 15 is 0 Å². The molecule has 0 rings (SSSR count). The molecular weight excluding hydrogens is 356 g/mol. The third-order valence-electron chi connectivity index (χ3n) is 0.295. The van der Waals surface area contributed by atoms with E-state index in [0.717, 1.165) is 0 Å². The van der Waals surface area contributed by atoms with Gasteiger partial charge in [0.2, 0.25) is 0 Å². The van der Waals surface area contributed by atoms with Crippen molar-refractivity contribution >= 4 is 0 Å². The van der Waals surface area contributed by atoms with Gasteiger partial charge in [0, 0.05) is 7.11 Å². The normalized spacial score (nSPS) is 5.03. The molecule has 0 bridgehead atoms. The Hall–Kier alpha value is -2.16. The maximum atomic E-state index is 7.94. The molecule has 1 N–H and O–H groups in total. The summed E-state index contributed by atoms with van der Waals surface area (Å²) in [6.07, 6.45) is 14.0. The maximum absolute atomic E-state index is 7.94. The van der Waals surface area contributed by atoms with Crippen LogP contribution in [-0.4, -0.2) is 25.4 Å². The highest BCUT2D eigenvalue weighted by atomic mass is 16.5. The van der Waals surface area contributed by atoms with Gasteiger partial charge < -0.3 is 9.84 Å². The van der Waals surface area contributed by atoms with Crippen LogP contribution in [0.15, 0.2) is 101 Å². The van der Waals surface area contributed by atoms with Crippen molar-refractivity contribution in [2.75, 3.05) is 20.3 Å². The second-order valence-electron chi connectivity index (χ2n) is 3.98. The van der Waals surface area contributed by atoms with Gasteiger partial charge in [0.15, 0.2) is 0 Å². The van der Waals surface area contributed by atoms with Crippen LogP contribution >= 0.6 is 0 Å². The van der Waals surface area contributed by atoms with Crippen LogP contribution in [-0.2, 0) is 4.74 Å². The van der Waals surface area contributed by atoms with Gasteiger partial charge in [-0.1, -0.05) is 48.6 Å². The van der Waals surface area contributed by atoms with Gasteiger partial charge in [-0.25, -0.2) is 0 Å². The molecule has 0 saturated heterocycles. The largest absolute Gasteiger partial charge is 0.394 e. The van der Waals surface area contributed by atoms with Gasteiger partial charge in [0.05, 0.1) is 13.2 Å². The first-order valence-corrected chi connectivity index (χ1v) is 9.40. The third-order valence-corrected chi connectivity index (χ3v) is 0.295. The number of methoxy groups -OCH3 is 1. The molecule has 0 aliphatic heterocycles. The molecule has 0 aliphatic rings. The van der Waals surface area contributed by atoms with Crippen LogP contribution in [0.5, 0.6) is 0 Å². The number of allylic oxidation sites excluding steroid dienone is 8. The van der Waals surface area contributed by atoms with Gasteiger partial charge >= 0.3 is 0 Å². The van der Waals surface area contributed by atoms with Gasteiger partial charge in [-0.05, 0) is 55.4 Å². The number of hydrogen-bond donors (Lipinski definition) is 1. The van der Waals surface area contributed by atoms with E-state index in [0.29, 0.717) is 6.61 Å². The molecule has 29 heavy (non-hydrogen) atoms. The summed E-state index contributed by atoms with van der Waals surface area (Å²) in [5, 5.41) is 7.94. The fraction of sp³-hybridized carbons (Fsp3) is 0.407. The van der Waals surface area contributed by atoms with E-state index in [-0.39, 0.29) is 6.61 Å². The van der Waals surface area contributed by atoms with E-state index in [1.807, 2.05) is 55.4 Å². The van der Waals surface area contributed by atoms with Crippen molar-refractivity contribution in [2.45, 2.75) is 55.4 Å². The molecule has 0 aromatic heterocycles. The maximum Gasteiger partial charge on any atom is 0.0693 e. The SMILES string of the molecule is C=CC.C=CC.C=CC.C=CC.C=CC.C=CC.C=CC.C=CC.COCCO. The molecule has 2 nitrogen and oxygen atoms in total. The van der Waals surface area contributed by atoms with Crippen molar-refractivity contribution < 1.29 is 9.84 Å². The lowest BCUT2D eigenvalue weighted by molar-refractivity contribution is 0.135. The zero-order chi connectivity index (χ0) is 25.8. The number of aliphatic hydroxyl groups excluding tert-OH is 1. The summed E-state index contributed by atoms with van der Waals surface area (Å²) >= 11 is 0. The van der Waals surface area contributed by atoms with Crippen molar-refractivity contribution in [3.8, 4) is 0 Å². The van der Waals surface area contributed by atoms with Gasteiger partial charge in [0.1, 0.15) is 0 Å². The number of rotatable bonds is 2. The minimum absolute atomic E-state index is 0.122. The minimum atomic E-state index is 0.122. The van der Waals surface area contributed by atoms with Crippen molar-refractivity contribution in [3.63, 3.8) is 0 Å². The number of ether oxygens (including phenoxy) is 1. The summed E-state index contributed by atoms with van der Waals surface area (Å²) in [6, 6.07) is 0. The van der Waals surface area contributed by atoms with Gasteiger partial charge in [-0.15, -0.1) is 52.6 Å². The second-order valence-corrected chi connectivity index (χ2v) is 3.98. The Morgan fingerprint density at radius 2 is 0.586 bits per heavy atom. The van der Waals surface area contributed by atoms with Crippen molar-refractivity contribution in [3.05, 3.63) is 101 Å². The zero-order valence-corrected chi connectivity index (χ0v) is 21.5. The average Bonchev–Trinajstić information content (AvgIpc) is 2.61. The highest BCUT2D eigenvalue weighted by molar-refractivity contribution is 4.53. The lowest BCUT2D eigenvalue weighted by Crippen LogP contribution is -1.91. The predicted molar refractivity (Wildman–Crippen MR) is 146 cm³/mol. The molecule has 176 valence electrons. The first kappa shape index (κ1) is 56.3. The molecule has 0 aliphatic carbocycles. The summed E-state index contributed by atoms with van der Waals surface area (Å²) in [6.45, 7) is 42.6.